The van der Waals surface area contributed by atoms with Gasteiger partial charge < -0.3 is 5.32 Å². The molecule has 1 fully saturated rings. The summed E-state index contributed by atoms with van der Waals surface area (Å²) in [6.45, 7) is 0. The van der Waals surface area contributed by atoms with Crippen molar-refractivity contribution in [1.82, 2.24) is 0 Å². The van der Waals surface area contributed by atoms with Gasteiger partial charge in [-0.1, -0.05) is 11.6 Å². The maximum atomic E-state index is 10.3. The molecule has 4 heteroatoms. The van der Waals surface area contributed by atoms with Crippen LogP contribution < -0.4 is 5.32 Å². The molecule has 0 aliphatic heterocycles. The van der Waals surface area contributed by atoms with Gasteiger partial charge in [0.15, 0.2) is 0 Å². The fourth-order valence-electron chi connectivity index (χ4n) is 2.01. The third-order valence-electron chi connectivity index (χ3n) is 3.06. The van der Waals surface area contributed by atoms with Gasteiger partial charge in [0.05, 0.1) is 12.0 Å². The van der Waals surface area contributed by atoms with Gasteiger partial charge in [0.2, 0.25) is 6.41 Å². The van der Waals surface area contributed by atoms with Crippen LogP contribution in [-0.4, -0.2) is 6.41 Å². The van der Waals surface area contributed by atoms with Gasteiger partial charge in [0.1, 0.15) is 0 Å². The first-order valence-corrected chi connectivity index (χ1v) is 5.53. The standard InChI is InChI=1S/C12H11ClN2O/c13-12-4-2-9(15-7-16)5-11(12)10-3-1-8(10)6-14/h2,4-5,7-8,10H,1,3H2,(H,15,16)/t8-,10-/m1/s1. The number of nitriles is 1. The predicted molar refractivity (Wildman–Crippen MR) is 62.2 cm³/mol. The van der Waals surface area contributed by atoms with Gasteiger partial charge in [-0.15, -0.1) is 0 Å². The SMILES string of the molecule is N#C[C@H]1CC[C@H]1c1cc(NC=O)ccc1Cl. The smallest absolute Gasteiger partial charge is 0.211 e. The second-order valence-corrected chi connectivity index (χ2v) is 4.33. The molecule has 0 heterocycles. The summed E-state index contributed by atoms with van der Waals surface area (Å²) in [5.74, 6) is 0.273. The van der Waals surface area contributed by atoms with Gasteiger partial charge in [0.25, 0.3) is 0 Å². The Morgan fingerprint density at radius 2 is 2.31 bits per heavy atom. The lowest BCUT2D eigenvalue weighted by atomic mass is 9.71. The van der Waals surface area contributed by atoms with E-state index < -0.39 is 0 Å². The number of amides is 1. The Kier molecular flexibility index (Phi) is 3.12. The Morgan fingerprint density at radius 3 is 2.88 bits per heavy atom. The lowest BCUT2D eigenvalue weighted by Crippen LogP contribution is -2.22. The molecule has 0 unspecified atom stereocenters. The molecule has 0 spiro atoms. The number of nitrogens with one attached hydrogen (secondary N) is 1. The molecule has 1 aromatic rings. The average Bonchev–Trinajstić information content (AvgIpc) is 2.22. The Hall–Kier alpha value is -1.53. The van der Waals surface area contributed by atoms with Crippen LogP contribution in [0.4, 0.5) is 5.69 Å². The summed E-state index contributed by atoms with van der Waals surface area (Å²) in [6, 6.07) is 7.64. The van der Waals surface area contributed by atoms with Gasteiger partial charge in [-0.05, 0) is 36.6 Å². The molecule has 1 N–H and O–H groups in total. The molecule has 1 saturated carbocycles. The number of benzene rings is 1. The summed E-state index contributed by atoms with van der Waals surface area (Å²) in [7, 11) is 0. The van der Waals surface area contributed by atoms with Crippen molar-refractivity contribution in [3.05, 3.63) is 28.8 Å². The highest BCUT2D eigenvalue weighted by Crippen LogP contribution is 2.45. The molecule has 3 nitrogen and oxygen atoms in total. The monoisotopic (exact) mass is 234 g/mol. The number of carbonyl (C=O) groups is 1. The number of hydrogen-bond donors (Lipinski definition) is 1. The van der Waals surface area contributed by atoms with Crippen LogP contribution in [0.1, 0.15) is 24.3 Å². The Bertz CT molecular complexity index is 453. The van der Waals surface area contributed by atoms with E-state index in [-0.39, 0.29) is 11.8 Å². The maximum Gasteiger partial charge on any atom is 0.211 e. The van der Waals surface area contributed by atoms with E-state index in [1.165, 1.54) is 0 Å². The van der Waals surface area contributed by atoms with E-state index >= 15 is 0 Å². The minimum absolute atomic E-state index is 0.0592. The van der Waals surface area contributed by atoms with E-state index in [0.717, 1.165) is 24.1 Å². The summed E-state index contributed by atoms with van der Waals surface area (Å²) < 4.78 is 0. The summed E-state index contributed by atoms with van der Waals surface area (Å²) in [5.41, 5.74) is 1.68. The van der Waals surface area contributed by atoms with Crippen LogP contribution in [0.5, 0.6) is 0 Å². The highest BCUT2D eigenvalue weighted by molar-refractivity contribution is 6.31. The van der Waals surface area contributed by atoms with Crippen molar-refractivity contribution < 1.29 is 4.79 Å². The largest absolute Gasteiger partial charge is 0.329 e. The Morgan fingerprint density at radius 1 is 1.50 bits per heavy atom. The second kappa shape index (κ2) is 4.54. The third kappa shape index (κ3) is 1.89. The number of hydrogen-bond acceptors (Lipinski definition) is 2. The molecule has 1 aliphatic carbocycles. The quantitative estimate of drug-likeness (QED) is 0.818. The van der Waals surface area contributed by atoms with Gasteiger partial charge in [0, 0.05) is 16.6 Å². The maximum absolute atomic E-state index is 10.3. The highest BCUT2D eigenvalue weighted by atomic mass is 35.5. The summed E-state index contributed by atoms with van der Waals surface area (Å²) in [5, 5.41) is 12.2. The van der Waals surface area contributed by atoms with Crippen molar-refractivity contribution in [3.8, 4) is 6.07 Å². The molecular weight excluding hydrogens is 224 g/mol. The van der Waals surface area contributed by atoms with Gasteiger partial charge in [-0.2, -0.15) is 5.26 Å². The van der Waals surface area contributed by atoms with Gasteiger partial charge >= 0.3 is 0 Å². The van der Waals surface area contributed by atoms with Crippen molar-refractivity contribution >= 4 is 23.7 Å². The zero-order chi connectivity index (χ0) is 11.5. The lowest BCUT2D eigenvalue weighted by Gasteiger charge is -2.32. The van der Waals surface area contributed by atoms with Crippen LogP contribution in [0.3, 0.4) is 0 Å². The molecule has 1 amide bonds. The topological polar surface area (TPSA) is 52.9 Å². The molecular formula is C12H11ClN2O. The van der Waals surface area contributed by atoms with Crippen molar-refractivity contribution in [2.45, 2.75) is 18.8 Å². The molecule has 2 rings (SSSR count). The number of carbonyl (C=O) groups excluding carboxylic acids is 1. The van der Waals surface area contributed by atoms with E-state index in [1.807, 2.05) is 6.07 Å². The third-order valence-corrected chi connectivity index (χ3v) is 3.41. The van der Waals surface area contributed by atoms with E-state index in [2.05, 4.69) is 11.4 Å². The summed E-state index contributed by atoms with van der Waals surface area (Å²) in [6.07, 6.45) is 2.56. The molecule has 2 atom stereocenters. The molecule has 0 aromatic heterocycles. The van der Waals surface area contributed by atoms with Crippen molar-refractivity contribution in [2.24, 2.45) is 5.92 Å². The first kappa shape index (κ1) is 11.0. The lowest BCUT2D eigenvalue weighted by molar-refractivity contribution is -0.105. The van der Waals surface area contributed by atoms with Crippen molar-refractivity contribution in [3.63, 3.8) is 0 Å². The zero-order valence-electron chi connectivity index (χ0n) is 8.61. The molecule has 16 heavy (non-hydrogen) atoms. The van der Waals surface area contributed by atoms with Crippen LogP contribution >= 0.6 is 11.6 Å². The Labute approximate surface area is 99.0 Å². The van der Waals surface area contributed by atoms with Crippen LogP contribution in [0.15, 0.2) is 18.2 Å². The van der Waals surface area contributed by atoms with Crippen molar-refractivity contribution in [1.29, 1.82) is 5.26 Å². The van der Waals surface area contributed by atoms with E-state index in [4.69, 9.17) is 16.9 Å². The number of rotatable bonds is 3. The van der Waals surface area contributed by atoms with E-state index in [0.29, 0.717) is 11.4 Å². The summed E-state index contributed by atoms with van der Waals surface area (Å²) >= 11 is 6.10. The van der Waals surface area contributed by atoms with Gasteiger partial charge in [-0.3, -0.25) is 4.79 Å². The normalized spacial score (nSPS) is 23.0. The first-order chi connectivity index (χ1) is 7.76. The van der Waals surface area contributed by atoms with Crippen LogP contribution in [0, 0.1) is 17.2 Å². The Balaban J connectivity index is 2.29. The number of anilines is 1. The zero-order valence-corrected chi connectivity index (χ0v) is 9.37. The fourth-order valence-corrected chi connectivity index (χ4v) is 2.27. The predicted octanol–water partition coefficient (Wildman–Crippen LogP) is 2.93. The number of halogens is 1. The molecule has 1 aliphatic rings. The molecule has 0 bridgehead atoms. The number of nitrogens with zero attached hydrogens (tertiary/aromatic N) is 1. The first-order valence-electron chi connectivity index (χ1n) is 5.15. The highest BCUT2D eigenvalue weighted by Gasteiger charge is 2.33. The average molecular weight is 235 g/mol. The molecule has 82 valence electrons. The fraction of sp³-hybridized carbons (Fsp3) is 0.333. The van der Waals surface area contributed by atoms with Crippen LogP contribution in [0.2, 0.25) is 5.02 Å². The second-order valence-electron chi connectivity index (χ2n) is 3.92. The molecule has 1 aromatic carbocycles. The summed E-state index contributed by atoms with van der Waals surface area (Å²) in [4.78, 5) is 10.3. The van der Waals surface area contributed by atoms with Gasteiger partial charge in [-0.25, -0.2) is 0 Å². The molecule has 0 saturated heterocycles. The minimum atomic E-state index is 0.0592. The molecule has 0 radical (unpaired) electrons. The van der Waals surface area contributed by atoms with E-state index in [9.17, 15) is 4.79 Å². The minimum Gasteiger partial charge on any atom is -0.329 e. The van der Waals surface area contributed by atoms with E-state index in [1.54, 1.807) is 12.1 Å². The van der Waals surface area contributed by atoms with Crippen LogP contribution in [-0.2, 0) is 4.79 Å². The van der Waals surface area contributed by atoms with Crippen molar-refractivity contribution in [2.75, 3.05) is 5.32 Å². The van der Waals surface area contributed by atoms with Crippen LogP contribution in [0.25, 0.3) is 0 Å².